The number of hydrogen-bond acceptors (Lipinski definition) is 6. The largest absolute Gasteiger partial charge is 0.371 e. The van der Waals surface area contributed by atoms with Crippen LogP contribution in [0.3, 0.4) is 0 Å². The van der Waals surface area contributed by atoms with Crippen LogP contribution in [0, 0.1) is 6.92 Å². The van der Waals surface area contributed by atoms with E-state index in [4.69, 9.17) is 0 Å². The molecule has 162 valence electrons. The fourth-order valence-electron chi connectivity index (χ4n) is 4.07. The summed E-state index contributed by atoms with van der Waals surface area (Å²) in [7, 11) is -0.267. The minimum Gasteiger partial charge on any atom is -0.371 e. The third-order valence-electron chi connectivity index (χ3n) is 5.61. The van der Waals surface area contributed by atoms with Crippen molar-refractivity contribution >= 4 is 43.9 Å². The number of sulfonamides is 1. The molecular formula is C22H24N4O4S. The molecule has 1 amide bonds. The van der Waals surface area contributed by atoms with Crippen LogP contribution in [0.25, 0.3) is 10.9 Å². The van der Waals surface area contributed by atoms with Crippen molar-refractivity contribution in [3.8, 4) is 0 Å². The Bertz CT molecular complexity index is 1380. The molecule has 1 N–H and O–H groups in total. The molecule has 2 aromatic carbocycles. The van der Waals surface area contributed by atoms with Gasteiger partial charge in [0.05, 0.1) is 27.5 Å². The van der Waals surface area contributed by atoms with Crippen LogP contribution in [0.15, 0.2) is 52.2 Å². The smallest absolute Gasteiger partial charge is 0.264 e. The van der Waals surface area contributed by atoms with Crippen LogP contribution in [0.4, 0.5) is 17.1 Å². The zero-order valence-electron chi connectivity index (χ0n) is 17.8. The first-order chi connectivity index (χ1) is 14.6. The van der Waals surface area contributed by atoms with Crippen LogP contribution in [-0.4, -0.2) is 39.0 Å². The predicted octanol–water partition coefficient (Wildman–Crippen LogP) is 2.26. The van der Waals surface area contributed by atoms with E-state index in [-0.39, 0.29) is 10.5 Å². The van der Waals surface area contributed by atoms with E-state index in [9.17, 15) is 18.0 Å². The summed E-state index contributed by atoms with van der Waals surface area (Å²) in [4.78, 5) is 27.9. The molecule has 0 saturated heterocycles. The number of aryl methyl sites for hydroxylation is 2. The number of hydrogen-bond donors (Lipinski definition) is 1. The van der Waals surface area contributed by atoms with Gasteiger partial charge in [0.2, 0.25) is 5.91 Å². The highest BCUT2D eigenvalue weighted by atomic mass is 32.2. The molecule has 0 saturated carbocycles. The molecule has 0 bridgehead atoms. The Morgan fingerprint density at radius 2 is 1.74 bits per heavy atom. The molecule has 1 aliphatic heterocycles. The van der Waals surface area contributed by atoms with Crippen molar-refractivity contribution in [2.75, 3.05) is 29.9 Å². The lowest BCUT2D eigenvalue weighted by Gasteiger charge is -2.38. The molecule has 8 nitrogen and oxygen atoms in total. The average Bonchev–Trinajstić information content (AvgIpc) is 2.71. The number of amides is 1. The van der Waals surface area contributed by atoms with Crippen molar-refractivity contribution in [1.82, 2.24) is 9.29 Å². The Morgan fingerprint density at radius 3 is 2.45 bits per heavy atom. The van der Waals surface area contributed by atoms with Crippen molar-refractivity contribution in [2.45, 2.75) is 18.7 Å². The molecule has 0 unspecified atom stereocenters. The summed E-state index contributed by atoms with van der Waals surface area (Å²) in [6.45, 7) is 4.33. The molecule has 0 fully saturated rings. The van der Waals surface area contributed by atoms with Gasteiger partial charge in [0, 0.05) is 45.1 Å². The second kappa shape index (κ2) is 7.42. The second-order valence-corrected chi connectivity index (χ2v) is 9.47. The molecule has 31 heavy (non-hydrogen) atoms. The van der Waals surface area contributed by atoms with Crippen LogP contribution in [0.1, 0.15) is 12.5 Å². The van der Waals surface area contributed by atoms with Gasteiger partial charge in [-0.1, -0.05) is 6.07 Å². The molecule has 0 radical (unpaired) electrons. The van der Waals surface area contributed by atoms with Gasteiger partial charge in [-0.2, -0.15) is 0 Å². The number of benzene rings is 2. The molecule has 4 rings (SSSR count). The van der Waals surface area contributed by atoms with Crippen molar-refractivity contribution in [2.24, 2.45) is 7.05 Å². The lowest BCUT2D eigenvalue weighted by molar-refractivity contribution is -0.117. The van der Waals surface area contributed by atoms with Gasteiger partial charge in [-0.25, -0.2) is 13.1 Å². The van der Waals surface area contributed by atoms with Crippen LogP contribution in [-0.2, 0) is 21.9 Å². The van der Waals surface area contributed by atoms with Gasteiger partial charge < -0.3 is 14.4 Å². The van der Waals surface area contributed by atoms with Crippen molar-refractivity contribution in [3.63, 3.8) is 0 Å². The fourth-order valence-corrected chi connectivity index (χ4v) is 5.08. The van der Waals surface area contributed by atoms with Crippen LogP contribution >= 0.6 is 0 Å². The number of anilines is 3. The maximum absolute atomic E-state index is 12.6. The second-order valence-electron chi connectivity index (χ2n) is 7.79. The molecule has 0 aliphatic carbocycles. The Kier molecular flexibility index (Phi) is 5.01. The summed E-state index contributed by atoms with van der Waals surface area (Å²) in [5.41, 5.74) is 3.88. The van der Waals surface area contributed by atoms with E-state index >= 15 is 0 Å². The van der Waals surface area contributed by atoms with Crippen molar-refractivity contribution in [3.05, 3.63) is 58.4 Å². The third-order valence-corrected chi connectivity index (χ3v) is 7.04. The van der Waals surface area contributed by atoms with Gasteiger partial charge in [0.25, 0.3) is 15.6 Å². The number of aromatic nitrogens is 1. The lowest BCUT2D eigenvalue weighted by atomic mass is 10.1. The van der Waals surface area contributed by atoms with Gasteiger partial charge in [0.1, 0.15) is 0 Å². The first-order valence-corrected chi connectivity index (χ1v) is 11.3. The quantitative estimate of drug-likeness (QED) is 0.672. The minimum absolute atomic E-state index is 0.0190. The van der Waals surface area contributed by atoms with Gasteiger partial charge in [0.15, 0.2) is 0 Å². The van der Waals surface area contributed by atoms with E-state index in [0.717, 1.165) is 34.5 Å². The number of carbonyl (C=O) groups excluding carboxylic acids is 1. The summed E-state index contributed by atoms with van der Waals surface area (Å²) in [6.07, 6.45) is 0. The Morgan fingerprint density at radius 1 is 1.00 bits per heavy atom. The Hall–Kier alpha value is -3.33. The van der Waals surface area contributed by atoms with Gasteiger partial charge in [-0.05, 0) is 43.3 Å². The summed E-state index contributed by atoms with van der Waals surface area (Å²) in [6, 6.07) is 12.5. The van der Waals surface area contributed by atoms with Crippen molar-refractivity contribution < 1.29 is 13.2 Å². The summed E-state index contributed by atoms with van der Waals surface area (Å²) in [5, 5.41) is 0.910. The highest BCUT2D eigenvalue weighted by Gasteiger charge is 2.26. The van der Waals surface area contributed by atoms with E-state index in [1.165, 1.54) is 13.0 Å². The molecule has 9 heteroatoms. The molecule has 0 spiro atoms. The zero-order chi connectivity index (χ0) is 22.5. The monoisotopic (exact) mass is 440 g/mol. The maximum atomic E-state index is 12.6. The highest BCUT2D eigenvalue weighted by molar-refractivity contribution is 7.90. The van der Waals surface area contributed by atoms with E-state index in [1.807, 2.05) is 36.0 Å². The number of pyridine rings is 1. The highest BCUT2D eigenvalue weighted by Crippen LogP contribution is 2.41. The maximum Gasteiger partial charge on any atom is 0.264 e. The van der Waals surface area contributed by atoms with E-state index in [0.29, 0.717) is 12.1 Å². The lowest BCUT2D eigenvalue weighted by Crippen LogP contribution is -2.37. The summed E-state index contributed by atoms with van der Waals surface area (Å²) >= 11 is 0. The topological polar surface area (TPSA) is 91.7 Å². The molecule has 2 heterocycles. The number of likely N-dealkylation sites (N-methyl/N-ethyl adjacent to an activating group) is 1. The van der Waals surface area contributed by atoms with Gasteiger partial charge in [-0.3, -0.25) is 9.59 Å². The summed E-state index contributed by atoms with van der Waals surface area (Å²) in [5.74, 6) is -0.642. The van der Waals surface area contributed by atoms with E-state index < -0.39 is 15.9 Å². The third kappa shape index (κ3) is 3.54. The standard InChI is InChI=1S/C22H24N4O4S/c1-14-12-17-18(25(4)22(14)28)6-5-7-19(17)26-11-10-24(3)20-9-8-16(13-21(20)26)31(29,30)23-15(2)27/h5-9,12-13H,10-11H2,1-4H3,(H,23,27). The number of nitrogens with zero attached hydrogens (tertiary/aromatic N) is 3. The van der Waals surface area contributed by atoms with Crippen LogP contribution < -0.4 is 20.1 Å². The summed E-state index contributed by atoms with van der Waals surface area (Å²) < 4.78 is 28.8. The molecule has 1 aliphatic rings. The number of carbonyl (C=O) groups is 1. The average molecular weight is 441 g/mol. The van der Waals surface area contributed by atoms with Crippen LogP contribution in [0.2, 0.25) is 0 Å². The number of nitrogens with one attached hydrogen (secondary N) is 1. The normalized spacial score (nSPS) is 13.9. The minimum atomic E-state index is -3.97. The fraction of sp³-hybridized carbons (Fsp3) is 0.273. The first-order valence-electron chi connectivity index (χ1n) is 9.85. The number of rotatable bonds is 3. The molecule has 0 atom stereocenters. The van der Waals surface area contributed by atoms with Crippen molar-refractivity contribution in [1.29, 1.82) is 0 Å². The van der Waals surface area contributed by atoms with Gasteiger partial charge in [-0.15, -0.1) is 0 Å². The number of fused-ring (bicyclic) bond motifs is 2. The zero-order valence-corrected chi connectivity index (χ0v) is 18.7. The van der Waals surface area contributed by atoms with E-state index in [2.05, 4.69) is 9.80 Å². The van der Waals surface area contributed by atoms with Crippen LogP contribution in [0.5, 0.6) is 0 Å². The SMILES string of the molecule is CC(=O)NS(=O)(=O)c1ccc2c(c1)N(c1cccc3c1cc(C)c(=O)n3C)CCN2C. The van der Waals surface area contributed by atoms with E-state index in [1.54, 1.807) is 30.7 Å². The Balaban J connectivity index is 1.94. The molecule has 3 aromatic rings. The molecular weight excluding hydrogens is 416 g/mol. The first kappa shape index (κ1) is 20.9. The molecule has 1 aromatic heterocycles. The van der Waals surface area contributed by atoms with Gasteiger partial charge >= 0.3 is 0 Å². The Labute approximate surface area is 180 Å². The predicted molar refractivity (Wildman–Crippen MR) is 122 cm³/mol.